The van der Waals surface area contributed by atoms with Crippen LogP contribution < -0.4 is 0 Å². The van der Waals surface area contributed by atoms with Crippen molar-refractivity contribution in [3.63, 3.8) is 0 Å². The van der Waals surface area contributed by atoms with Gasteiger partial charge in [-0.1, -0.05) is 61.6 Å². The predicted molar refractivity (Wildman–Crippen MR) is 99.1 cm³/mol. The van der Waals surface area contributed by atoms with E-state index >= 15 is 0 Å². The molecule has 0 aliphatic rings. The normalized spacial score (nSPS) is 15.2. The number of aliphatic hydroxyl groups is 2. The molecule has 138 valence electrons. The Labute approximate surface area is 149 Å². The second-order valence-electron chi connectivity index (χ2n) is 5.43. The van der Waals surface area contributed by atoms with Crippen molar-refractivity contribution in [1.29, 1.82) is 0 Å². The molecule has 5 nitrogen and oxygen atoms in total. The van der Waals surface area contributed by atoms with Crippen LogP contribution in [0.2, 0.25) is 0 Å². The van der Waals surface area contributed by atoms with E-state index in [1.165, 1.54) is 6.08 Å². The Kier molecular flexibility index (Phi) is 13.9. The van der Waals surface area contributed by atoms with E-state index < -0.39 is 18.2 Å². The molecule has 5 heteroatoms. The molecule has 0 saturated heterocycles. The molecule has 1 unspecified atom stereocenters. The third-order valence-corrected chi connectivity index (χ3v) is 3.14. The molecule has 0 rings (SSSR count). The van der Waals surface area contributed by atoms with Crippen LogP contribution in [-0.4, -0.2) is 39.3 Å². The maximum Gasteiger partial charge on any atom is 0.303 e. The molecule has 0 bridgehead atoms. The number of hydrogen-bond acceptors (Lipinski definition) is 4. The molecule has 0 saturated carbocycles. The number of rotatable bonds is 13. The van der Waals surface area contributed by atoms with E-state index in [2.05, 4.69) is 0 Å². The Bertz CT molecular complexity index is 526. The summed E-state index contributed by atoms with van der Waals surface area (Å²) in [5.74, 6) is -1.01. The average Bonchev–Trinajstić information content (AvgIpc) is 2.57. The van der Waals surface area contributed by atoms with Crippen LogP contribution in [0.4, 0.5) is 0 Å². The number of allylic oxidation sites excluding steroid dienone is 7. The van der Waals surface area contributed by atoms with Gasteiger partial charge in [-0.15, -0.1) is 0 Å². The molecule has 0 aromatic rings. The number of aliphatic hydroxyl groups excluding tert-OH is 2. The third kappa shape index (κ3) is 16.4. The van der Waals surface area contributed by atoms with Crippen LogP contribution in [0.5, 0.6) is 0 Å². The number of ketones is 1. The van der Waals surface area contributed by atoms with Gasteiger partial charge in [-0.05, 0) is 25.3 Å². The number of hydrogen-bond donors (Lipinski definition) is 3. The van der Waals surface area contributed by atoms with Gasteiger partial charge in [-0.25, -0.2) is 0 Å². The monoisotopic (exact) mass is 348 g/mol. The predicted octanol–water partition coefficient (Wildman–Crippen LogP) is 3.11. The molecule has 0 spiro atoms. The summed E-state index contributed by atoms with van der Waals surface area (Å²) in [7, 11) is 0. The van der Waals surface area contributed by atoms with Crippen LogP contribution in [0.15, 0.2) is 60.8 Å². The maximum atomic E-state index is 11.4. The molecular weight excluding hydrogens is 320 g/mol. The Morgan fingerprint density at radius 3 is 2.20 bits per heavy atom. The van der Waals surface area contributed by atoms with E-state index in [9.17, 15) is 19.8 Å². The lowest BCUT2D eigenvalue weighted by molar-refractivity contribution is -0.137. The van der Waals surface area contributed by atoms with Gasteiger partial charge in [-0.3, -0.25) is 9.59 Å². The fraction of sp³-hybridized carbons (Fsp3) is 0.400. The van der Waals surface area contributed by atoms with Crippen molar-refractivity contribution in [1.82, 2.24) is 0 Å². The molecule has 0 aromatic carbocycles. The highest BCUT2D eigenvalue weighted by atomic mass is 16.4. The molecule has 0 aliphatic heterocycles. The van der Waals surface area contributed by atoms with Crippen molar-refractivity contribution in [2.75, 3.05) is 0 Å². The summed E-state index contributed by atoms with van der Waals surface area (Å²) < 4.78 is 0. The molecule has 25 heavy (non-hydrogen) atoms. The molecule has 0 aliphatic carbocycles. The van der Waals surface area contributed by atoms with E-state index in [4.69, 9.17) is 5.11 Å². The highest BCUT2D eigenvalue weighted by Gasteiger charge is 1.99. The Balaban J connectivity index is 3.97. The Hall–Kier alpha value is -2.24. The zero-order valence-corrected chi connectivity index (χ0v) is 14.6. The largest absolute Gasteiger partial charge is 0.481 e. The van der Waals surface area contributed by atoms with E-state index in [-0.39, 0.29) is 18.6 Å². The average molecular weight is 348 g/mol. The summed E-state index contributed by atoms with van der Waals surface area (Å²) in [6, 6.07) is 0. The lowest BCUT2D eigenvalue weighted by atomic mass is 10.1. The van der Waals surface area contributed by atoms with Gasteiger partial charge in [0.2, 0.25) is 0 Å². The first kappa shape index (κ1) is 22.8. The molecule has 3 N–H and O–H groups in total. The number of carbonyl (C=O) groups excluding carboxylic acids is 1. The third-order valence-electron chi connectivity index (χ3n) is 3.14. The molecule has 0 fully saturated rings. The standard InChI is InChI=1S/C20H28O5/c1-2-17(21)11-8-5-9-14-18(22)12-6-3-4-7-13-19(23)15-10-16-20(24)25/h3-9,11-13,17-18,21-22H,2,10,14-16H2,1H3,(H,24,25)/b4-3+,9-5-,11-8+,12-6+,13-7+/t17?,18-/m0/s1. The van der Waals surface area contributed by atoms with E-state index in [0.29, 0.717) is 19.3 Å². The van der Waals surface area contributed by atoms with Gasteiger partial charge in [0.15, 0.2) is 5.78 Å². The van der Waals surface area contributed by atoms with E-state index in [1.807, 2.05) is 13.0 Å². The zero-order chi connectivity index (χ0) is 18.9. The van der Waals surface area contributed by atoms with Gasteiger partial charge >= 0.3 is 5.97 Å². The van der Waals surface area contributed by atoms with Crippen molar-refractivity contribution in [3.05, 3.63) is 60.8 Å². The second-order valence-corrected chi connectivity index (χ2v) is 5.43. The SMILES string of the molecule is CCC(O)/C=C/C=C\C[C@@H](O)/C=C/C=C/C=C/C(=O)CCCC(=O)O. The number of carboxylic acids is 1. The number of aliphatic carboxylic acids is 1. The summed E-state index contributed by atoms with van der Waals surface area (Å²) in [4.78, 5) is 21.7. The van der Waals surface area contributed by atoms with Gasteiger partial charge in [0.05, 0.1) is 12.2 Å². The lowest BCUT2D eigenvalue weighted by Crippen LogP contribution is -1.99. The lowest BCUT2D eigenvalue weighted by Gasteiger charge is -1.99. The first-order valence-electron chi connectivity index (χ1n) is 8.41. The van der Waals surface area contributed by atoms with Crippen molar-refractivity contribution in [2.24, 2.45) is 0 Å². The van der Waals surface area contributed by atoms with Crippen molar-refractivity contribution >= 4 is 11.8 Å². The van der Waals surface area contributed by atoms with Gasteiger partial charge in [0, 0.05) is 12.8 Å². The van der Waals surface area contributed by atoms with Crippen molar-refractivity contribution in [3.8, 4) is 0 Å². The molecule has 0 heterocycles. The van der Waals surface area contributed by atoms with Crippen LogP contribution in [0.1, 0.15) is 39.0 Å². The van der Waals surface area contributed by atoms with Crippen LogP contribution in [0, 0.1) is 0 Å². The molecule has 0 amide bonds. The van der Waals surface area contributed by atoms with Crippen molar-refractivity contribution < 1.29 is 24.9 Å². The summed E-state index contributed by atoms with van der Waals surface area (Å²) in [6.45, 7) is 1.89. The Morgan fingerprint density at radius 1 is 0.880 bits per heavy atom. The van der Waals surface area contributed by atoms with E-state index in [1.54, 1.807) is 48.6 Å². The highest BCUT2D eigenvalue weighted by molar-refractivity contribution is 5.90. The first-order chi connectivity index (χ1) is 12.0. The minimum Gasteiger partial charge on any atom is -0.481 e. The first-order valence-corrected chi connectivity index (χ1v) is 8.41. The number of carbonyl (C=O) groups is 2. The van der Waals surface area contributed by atoms with Crippen LogP contribution in [0.3, 0.4) is 0 Å². The second kappa shape index (κ2) is 15.3. The van der Waals surface area contributed by atoms with E-state index in [0.717, 1.165) is 0 Å². The molecule has 0 aromatic heterocycles. The van der Waals surface area contributed by atoms with Crippen LogP contribution >= 0.6 is 0 Å². The van der Waals surface area contributed by atoms with Gasteiger partial charge in [0.1, 0.15) is 0 Å². The fourth-order valence-electron chi connectivity index (χ4n) is 1.68. The van der Waals surface area contributed by atoms with Crippen LogP contribution in [-0.2, 0) is 9.59 Å². The van der Waals surface area contributed by atoms with Crippen molar-refractivity contribution in [2.45, 2.75) is 51.2 Å². The molecular formula is C20H28O5. The summed E-state index contributed by atoms with van der Waals surface area (Å²) in [5.41, 5.74) is 0. The molecule has 0 radical (unpaired) electrons. The molecule has 2 atom stereocenters. The van der Waals surface area contributed by atoms with Gasteiger partial charge < -0.3 is 15.3 Å². The minimum absolute atomic E-state index is 0.000528. The number of carboxylic acid groups (broad SMARTS) is 1. The van der Waals surface area contributed by atoms with Gasteiger partial charge in [-0.2, -0.15) is 0 Å². The minimum atomic E-state index is -0.898. The fourth-order valence-corrected chi connectivity index (χ4v) is 1.68. The summed E-state index contributed by atoms with van der Waals surface area (Å²) in [5, 5.41) is 27.5. The van der Waals surface area contributed by atoms with Crippen LogP contribution in [0.25, 0.3) is 0 Å². The quantitative estimate of drug-likeness (QED) is 0.351. The Morgan fingerprint density at radius 2 is 1.52 bits per heavy atom. The zero-order valence-electron chi connectivity index (χ0n) is 14.6. The van der Waals surface area contributed by atoms with Gasteiger partial charge in [0.25, 0.3) is 0 Å². The maximum absolute atomic E-state index is 11.4. The highest BCUT2D eigenvalue weighted by Crippen LogP contribution is 1.99. The topological polar surface area (TPSA) is 94.8 Å². The summed E-state index contributed by atoms with van der Waals surface area (Å²) in [6.07, 6.45) is 17.4. The smallest absolute Gasteiger partial charge is 0.303 e. The summed E-state index contributed by atoms with van der Waals surface area (Å²) >= 11 is 0.